The van der Waals surface area contributed by atoms with Crippen LogP contribution < -0.4 is 9.80 Å². The Morgan fingerprint density at radius 2 is 1.39 bits per heavy atom. The molecule has 0 N–H and O–H groups in total. The molecule has 5 aliphatic rings. The molecule has 0 spiro atoms. The van der Waals surface area contributed by atoms with E-state index in [0.29, 0.717) is 0 Å². The summed E-state index contributed by atoms with van der Waals surface area (Å²) < 4.78 is 2.47. The molecule has 6 rings (SSSR count). The van der Waals surface area contributed by atoms with Crippen LogP contribution in [0, 0.1) is 0 Å². The third kappa shape index (κ3) is 4.61. The second kappa shape index (κ2) is 9.82. The molecule has 0 aliphatic carbocycles. The number of likely N-dealkylation sites (tertiary alicyclic amines) is 1. The molecule has 0 atom stereocenters. The van der Waals surface area contributed by atoms with Crippen molar-refractivity contribution in [3.8, 4) is 0 Å². The number of thioether (sulfide) groups is 1. The summed E-state index contributed by atoms with van der Waals surface area (Å²) in [6.07, 6.45) is 17.2. The normalized spacial score (nSPS) is 25.2. The van der Waals surface area contributed by atoms with Crippen LogP contribution >= 0.6 is 23.1 Å². The zero-order chi connectivity index (χ0) is 22.0. The number of hydrogen-bond donors (Lipinski definition) is 0. The number of rotatable bonds is 4. The third-order valence-corrected chi connectivity index (χ3v) is 9.45. The first-order valence-corrected chi connectivity index (χ1v) is 14.5. The Labute approximate surface area is 205 Å². The van der Waals surface area contributed by atoms with Gasteiger partial charge >= 0.3 is 5.17 Å². The maximum atomic E-state index is 5.12. The average molecular weight is 484 g/mol. The summed E-state index contributed by atoms with van der Waals surface area (Å²) in [5, 5.41) is 2.42. The van der Waals surface area contributed by atoms with E-state index in [1.807, 2.05) is 23.1 Å². The predicted molar refractivity (Wildman–Crippen MR) is 142 cm³/mol. The van der Waals surface area contributed by atoms with E-state index in [-0.39, 0.29) is 0 Å². The fourth-order valence-electron chi connectivity index (χ4n) is 5.46. The molecule has 4 saturated heterocycles. The smallest absolute Gasteiger partial charge is 0.355 e. The number of anilines is 2. The Morgan fingerprint density at radius 1 is 0.758 bits per heavy atom. The van der Waals surface area contributed by atoms with Gasteiger partial charge in [-0.15, -0.1) is 0 Å². The molecule has 0 radical (unpaired) electrons. The maximum Gasteiger partial charge on any atom is 0.362 e. The second-order valence-corrected chi connectivity index (χ2v) is 11.7. The van der Waals surface area contributed by atoms with Crippen LogP contribution in [-0.2, 0) is 0 Å². The molecule has 0 amide bonds. The minimum Gasteiger partial charge on any atom is -0.355 e. The Hall–Kier alpha value is -1.80. The van der Waals surface area contributed by atoms with E-state index < -0.39 is 0 Å². The molecule has 0 bridgehead atoms. The molecule has 0 aromatic carbocycles. The van der Waals surface area contributed by atoms with Crippen LogP contribution in [0.15, 0.2) is 22.0 Å². The predicted octanol–water partition coefficient (Wildman–Crippen LogP) is 4.64. The average Bonchev–Trinajstić information content (AvgIpc) is 3.67. The summed E-state index contributed by atoms with van der Waals surface area (Å²) in [5.41, 5.74) is 0. The van der Waals surface area contributed by atoms with Gasteiger partial charge < -0.3 is 14.7 Å². The van der Waals surface area contributed by atoms with E-state index in [1.54, 1.807) is 0 Å². The highest BCUT2D eigenvalue weighted by atomic mass is 32.2. The monoisotopic (exact) mass is 483 g/mol. The molecule has 8 heteroatoms. The summed E-state index contributed by atoms with van der Waals surface area (Å²) in [4.78, 5) is 20.3. The van der Waals surface area contributed by atoms with E-state index in [4.69, 9.17) is 9.98 Å². The highest BCUT2D eigenvalue weighted by Gasteiger charge is 2.36. The van der Waals surface area contributed by atoms with Crippen molar-refractivity contribution in [2.45, 2.75) is 51.4 Å². The van der Waals surface area contributed by atoms with Crippen LogP contribution in [-0.4, -0.2) is 77.8 Å². The quantitative estimate of drug-likeness (QED) is 0.583. The van der Waals surface area contributed by atoms with Crippen LogP contribution in [0.1, 0.15) is 56.2 Å². The Bertz CT molecular complexity index is 981. The van der Waals surface area contributed by atoms with E-state index in [1.165, 1.54) is 83.1 Å². The summed E-state index contributed by atoms with van der Waals surface area (Å²) >= 11 is 3.74. The van der Waals surface area contributed by atoms with Crippen molar-refractivity contribution in [3.63, 3.8) is 0 Å². The lowest BCUT2D eigenvalue weighted by molar-refractivity contribution is -0.503. The highest BCUT2D eigenvalue weighted by molar-refractivity contribution is 8.18. The van der Waals surface area contributed by atoms with Crippen molar-refractivity contribution in [1.29, 1.82) is 0 Å². The molecule has 0 saturated carbocycles. The summed E-state index contributed by atoms with van der Waals surface area (Å²) in [5.74, 6) is 2.40. The summed E-state index contributed by atoms with van der Waals surface area (Å²) in [6, 6.07) is 0. The number of aliphatic imine (C=N–C) groups is 1. The minimum atomic E-state index is 1.14. The standard InChI is InChI=1S/C25H35N6S2/c1-2-13-28(12-1)22-20(32-24(26-22)30-16-5-6-17-30)10-9-11-21-23(29-14-3-4-15-29)27-25(33-21)31-18-7-8-19-31/h9-11H,1-8,12-19H2/q+1. The molecule has 6 heterocycles. The number of aromatic nitrogens is 1. The second-order valence-electron chi connectivity index (χ2n) is 9.67. The van der Waals surface area contributed by atoms with Gasteiger partial charge in [-0.05, 0) is 68.5 Å². The van der Waals surface area contributed by atoms with Crippen molar-refractivity contribution in [2.75, 3.05) is 62.2 Å². The van der Waals surface area contributed by atoms with Gasteiger partial charge in [0.1, 0.15) is 5.82 Å². The number of nitrogens with zero attached hydrogens (tertiary/aromatic N) is 6. The van der Waals surface area contributed by atoms with Crippen LogP contribution in [0.25, 0.3) is 6.08 Å². The van der Waals surface area contributed by atoms with Crippen LogP contribution in [0.5, 0.6) is 0 Å². The van der Waals surface area contributed by atoms with Crippen molar-refractivity contribution < 1.29 is 4.58 Å². The Kier molecular flexibility index (Phi) is 6.46. The van der Waals surface area contributed by atoms with Gasteiger partial charge in [-0.1, -0.05) is 17.4 Å². The largest absolute Gasteiger partial charge is 0.362 e. The van der Waals surface area contributed by atoms with Crippen molar-refractivity contribution in [2.24, 2.45) is 4.99 Å². The van der Waals surface area contributed by atoms with E-state index in [0.717, 1.165) is 52.4 Å². The summed E-state index contributed by atoms with van der Waals surface area (Å²) in [6.45, 7) is 9.18. The van der Waals surface area contributed by atoms with Crippen LogP contribution in [0.3, 0.4) is 0 Å². The zero-order valence-electron chi connectivity index (χ0n) is 19.5. The van der Waals surface area contributed by atoms with Crippen molar-refractivity contribution in [3.05, 3.63) is 21.9 Å². The molecule has 176 valence electrons. The maximum absolute atomic E-state index is 5.12. The SMILES string of the molecule is C(/C=C/c1sc(N2CCCC2)nc1N1CCCC1)=C1/SC(=[N+]2CCCC2)N=C1N1CCCC1. The third-order valence-electron chi connectivity index (χ3n) is 7.31. The van der Waals surface area contributed by atoms with Gasteiger partial charge in [0.2, 0.25) is 0 Å². The fourth-order valence-corrected chi connectivity index (χ4v) is 7.57. The highest BCUT2D eigenvalue weighted by Crippen LogP contribution is 2.37. The lowest BCUT2D eigenvalue weighted by Gasteiger charge is -2.16. The first kappa shape index (κ1) is 21.7. The summed E-state index contributed by atoms with van der Waals surface area (Å²) in [7, 11) is 0. The number of amidine groups is 2. The lowest BCUT2D eigenvalue weighted by Crippen LogP contribution is -2.27. The van der Waals surface area contributed by atoms with Crippen LogP contribution in [0.2, 0.25) is 0 Å². The van der Waals surface area contributed by atoms with Crippen molar-refractivity contribution >= 4 is 51.1 Å². The first-order chi connectivity index (χ1) is 16.3. The Balaban J connectivity index is 1.27. The van der Waals surface area contributed by atoms with Crippen molar-refractivity contribution in [1.82, 2.24) is 9.88 Å². The molecular formula is C25H35N6S2+. The fraction of sp³-hybridized carbons (Fsp3) is 0.640. The minimum absolute atomic E-state index is 1.14. The number of thiazole rings is 1. The van der Waals surface area contributed by atoms with Gasteiger partial charge in [0.15, 0.2) is 5.13 Å². The van der Waals surface area contributed by atoms with Gasteiger partial charge in [0.25, 0.3) is 5.84 Å². The topological polar surface area (TPSA) is 38.0 Å². The molecule has 5 aliphatic heterocycles. The van der Waals surface area contributed by atoms with E-state index in [2.05, 4.69) is 37.5 Å². The van der Waals surface area contributed by atoms with E-state index in [9.17, 15) is 0 Å². The van der Waals surface area contributed by atoms with Gasteiger partial charge in [-0.3, -0.25) is 4.58 Å². The van der Waals surface area contributed by atoms with Gasteiger partial charge in [-0.25, -0.2) is 4.98 Å². The first-order valence-electron chi connectivity index (χ1n) is 12.9. The molecule has 1 aromatic heterocycles. The van der Waals surface area contributed by atoms with Gasteiger partial charge in [-0.2, -0.15) is 0 Å². The molecular weight excluding hydrogens is 448 g/mol. The molecule has 33 heavy (non-hydrogen) atoms. The van der Waals surface area contributed by atoms with Crippen LogP contribution in [0.4, 0.5) is 10.9 Å². The lowest BCUT2D eigenvalue weighted by atomic mass is 10.3. The molecule has 0 unspecified atom stereocenters. The molecule has 1 aromatic rings. The molecule has 4 fully saturated rings. The number of allylic oxidation sites excluding steroid dienone is 2. The molecule has 6 nitrogen and oxygen atoms in total. The van der Waals surface area contributed by atoms with E-state index >= 15 is 0 Å². The number of hydrogen-bond acceptors (Lipinski definition) is 6. The van der Waals surface area contributed by atoms with Gasteiger partial charge in [0.05, 0.1) is 22.9 Å². The van der Waals surface area contributed by atoms with Gasteiger partial charge in [0, 0.05) is 51.0 Å². The zero-order valence-corrected chi connectivity index (χ0v) is 21.2. The Morgan fingerprint density at radius 3 is 2.09 bits per heavy atom.